The van der Waals surface area contributed by atoms with Crippen LogP contribution in [0.5, 0.6) is 0 Å². The van der Waals surface area contributed by atoms with Gasteiger partial charge in [0.15, 0.2) is 0 Å². The van der Waals surface area contributed by atoms with Crippen molar-refractivity contribution in [2.24, 2.45) is 0 Å². The van der Waals surface area contributed by atoms with Crippen molar-refractivity contribution in [3.8, 4) is 0 Å². The van der Waals surface area contributed by atoms with Gasteiger partial charge in [0, 0.05) is 12.6 Å². The summed E-state index contributed by atoms with van der Waals surface area (Å²) in [6, 6.07) is 0.513. The Kier molecular flexibility index (Phi) is 6.02. The van der Waals surface area contributed by atoms with Crippen LogP contribution in [0.15, 0.2) is 0 Å². The number of hydrogen-bond donors (Lipinski definition) is 2. The molecular formula is C14H28N4. The van der Waals surface area contributed by atoms with Gasteiger partial charge >= 0.3 is 0 Å². The van der Waals surface area contributed by atoms with Crippen LogP contribution in [0.3, 0.4) is 0 Å². The molecule has 0 aliphatic rings. The molecule has 0 spiro atoms. The summed E-state index contributed by atoms with van der Waals surface area (Å²) >= 11 is 0. The first-order valence-electron chi connectivity index (χ1n) is 7.23. The second-order valence-electron chi connectivity index (χ2n) is 4.94. The second kappa shape index (κ2) is 7.29. The van der Waals surface area contributed by atoms with Gasteiger partial charge in [-0.15, -0.1) is 0 Å². The fraction of sp³-hybridized carbons (Fsp3) is 0.786. The van der Waals surface area contributed by atoms with Crippen molar-refractivity contribution >= 4 is 11.5 Å². The van der Waals surface area contributed by atoms with Crippen LogP contribution in [-0.4, -0.2) is 15.8 Å². The third-order valence-corrected chi connectivity index (χ3v) is 3.36. The third-order valence-electron chi connectivity index (χ3n) is 3.36. The van der Waals surface area contributed by atoms with Crippen LogP contribution in [-0.2, 0) is 6.54 Å². The minimum absolute atomic E-state index is 0.513. The average molecular weight is 252 g/mol. The number of nitrogens with one attached hydrogen (secondary N) is 1. The molecule has 4 heteroatoms. The molecule has 0 saturated carbocycles. The van der Waals surface area contributed by atoms with Gasteiger partial charge in [-0.25, -0.2) is 4.68 Å². The van der Waals surface area contributed by atoms with Crippen molar-refractivity contribution < 1.29 is 0 Å². The largest absolute Gasteiger partial charge is 0.394 e. The molecule has 0 saturated heterocycles. The predicted molar refractivity (Wildman–Crippen MR) is 78.9 cm³/mol. The maximum atomic E-state index is 6.11. The number of aromatic nitrogens is 2. The Labute approximate surface area is 111 Å². The van der Waals surface area contributed by atoms with Crippen LogP contribution in [0, 0.1) is 6.92 Å². The molecule has 104 valence electrons. The van der Waals surface area contributed by atoms with Gasteiger partial charge in [0.05, 0.1) is 11.4 Å². The monoisotopic (exact) mass is 252 g/mol. The molecule has 18 heavy (non-hydrogen) atoms. The molecule has 1 atom stereocenters. The minimum atomic E-state index is 0.513. The van der Waals surface area contributed by atoms with Crippen molar-refractivity contribution in [3.05, 3.63) is 5.69 Å². The van der Waals surface area contributed by atoms with E-state index < -0.39 is 0 Å². The number of anilines is 2. The van der Waals surface area contributed by atoms with Gasteiger partial charge in [0.2, 0.25) is 0 Å². The predicted octanol–water partition coefficient (Wildman–Crippen LogP) is 3.56. The smallest absolute Gasteiger partial charge is 0.148 e. The highest BCUT2D eigenvalue weighted by Gasteiger charge is 2.15. The summed E-state index contributed by atoms with van der Waals surface area (Å²) in [6.45, 7) is 9.38. The molecule has 1 unspecified atom stereocenters. The van der Waals surface area contributed by atoms with Crippen LogP contribution in [0.25, 0.3) is 0 Å². The first-order chi connectivity index (χ1) is 8.63. The van der Waals surface area contributed by atoms with E-state index in [9.17, 15) is 0 Å². The molecule has 0 bridgehead atoms. The van der Waals surface area contributed by atoms with Crippen molar-refractivity contribution in [2.75, 3.05) is 11.1 Å². The topological polar surface area (TPSA) is 55.9 Å². The molecule has 3 N–H and O–H groups in total. The maximum Gasteiger partial charge on any atom is 0.148 e. The Balaban J connectivity index is 2.78. The summed E-state index contributed by atoms with van der Waals surface area (Å²) in [6.07, 6.45) is 6.09. The van der Waals surface area contributed by atoms with Crippen molar-refractivity contribution in [1.82, 2.24) is 9.78 Å². The molecule has 0 aromatic carbocycles. The fourth-order valence-electron chi connectivity index (χ4n) is 2.26. The average Bonchev–Trinajstić information content (AvgIpc) is 2.63. The lowest BCUT2D eigenvalue weighted by Crippen LogP contribution is -2.22. The first-order valence-corrected chi connectivity index (χ1v) is 7.23. The number of nitrogens with two attached hydrogens (primary N) is 1. The minimum Gasteiger partial charge on any atom is -0.394 e. The highest BCUT2D eigenvalue weighted by atomic mass is 15.3. The normalized spacial score (nSPS) is 12.7. The number of unbranched alkanes of at least 4 members (excludes halogenated alkanes) is 1. The van der Waals surface area contributed by atoms with E-state index in [1.165, 1.54) is 32.1 Å². The molecule has 1 heterocycles. The Morgan fingerprint density at radius 3 is 2.50 bits per heavy atom. The van der Waals surface area contributed by atoms with Gasteiger partial charge in [-0.2, -0.15) is 5.10 Å². The molecule has 0 aliphatic heterocycles. The lowest BCUT2D eigenvalue weighted by atomic mass is 10.1. The summed E-state index contributed by atoms with van der Waals surface area (Å²) in [7, 11) is 0. The van der Waals surface area contributed by atoms with Crippen LogP contribution in [0.2, 0.25) is 0 Å². The number of nitrogens with zero attached hydrogens (tertiary/aromatic N) is 2. The van der Waals surface area contributed by atoms with E-state index in [0.29, 0.717) is 6.04 Å². The zero-order valence-electron chi connectivity index (χ0n) is 12.3. The van der Waals surface area contributed by atoms with E-state index in [1.54, 1.807) is 0 Å². The zero-order valence-corrected chi connectivity index (χ0v) is 12.3. The van der Waals surface area contributed by atoms with E-state index in [0.717, 1.165) is 23.7 Å². The molecule has 0 fully saturated rings. The van der Waals surface area contributed by atoms with Gasteiger partial charge in [-0.05, 0) is 26.7 Å². The standard InChI is InChI=1S/C14H28N4/c1-5-8-10-12(9-6-2)16-14-13(15)11(4)17-18(14)7-3/h12,16H,5-10,15H2,1-4H3. The number of aryl methyl sites for hydroxylation is 2. The quantitative estimate of drug-likeness (QED) is 0.743. The molecule has 0 aliphatic carbocycles. The summed E-state index contributed by atoms with van der Waals surface area (Å²) in [5.74, 6) is 1.00. The second-order valence-corrected chi connectivity index (χ2v) is 4.94. The van der Waals surface area contributed by atoms with Gasteiger partial charge in [-0.1, -0.05) is 33.1 Å². The Morgan fingerprint density at radius 1 is 1.22 bits per heavy atom. The number of nitrogen functional groups attached to an aromatic ring is 1. The first kappa shape index (κ1) is 14.9. The van der Waals surface area contributed by atoms with Crippen molar-refractivity contribution in [2.45, 2.75) is 72.4 Å². The van der Waals surface area contributed by atoms with Gasteiger partial charge in [0.1, 0.15) is 5.82 Å². The highest BCUT2D eigenvalue weighted by molar-refractivity contribution is 5.65. The molecule has 1 aromatic rings. The molecule has 1 aromatic heterocycles. The van der Waals surface area contributed by atoms with Crippen molar-refractivity contribution in [3.63, 3.8) is 0 Å². The van der Waals surface area contributed by atoms with Gasteiger partial charge in [-0.3, -0.25) is 0 Å². The molecule has 1 rings (SSSR count). The Morgan fingerprint density at radius 2 is 1.94 bits per heavy atom. The van der Waals surface area contributed by atoms with E-state index in [1.807, 2.05) is 11.6 Å². The molecule has 4 nitrogen and oxygen atoms in total. The summed E-state index contributed by atoms with van der Waals surface area (Å²) in [4.78, 5) is 0. The van der Waals surface area contributed by atoms with Gasteiger partial charge < -0.3 is 11.1 Å². The lowest BCUT2D eigenvalue weighted by molar-refractivity contribution is 0.553. The highest BCUT2D eigenvalue weighted by Crippen LogP contribution is 2.24. The van der Waals surface area contributed by atoms with Crippen molar-refractivity contribution in [1.29, 1.82) is 0 Å². The Bertz CT molecular complexity index is 357. The van der Waals surface area contributed by atoms with Crippen LogP contribution < -0.4 is 11.1 Å². The fourth-order valence-corrected chi connectivity index (χ4v) is 2.26. The lowest BCUT2D eigenvalue weighted by Gasteiger charge is -2.20. The van der Waals surface area contributed by atoms with E-state index in [-0.39, 0.29) is 0 Å². The summed E-state index contributed by atoms with van der Waals surface area (Å²) in [5, 5.41) is 8.05. The number of rotatable bonds is 8. The van der Waals surface area contributed by atoms with Crippen LogP contribution in [0.1, 0.15) is 58.6 Å². The molecule has 0 radical (unpaired) electrons. The van der Waals surface area contributed by atoms with Crippen LogP contribution >= 0.6 is 0 Å². The zero-order chi connectivity index (χ0) is 13.5. The molecular weight excluding hydrogens is 224 g/mol. The maximum absolute atomic E-state index is 6.11. The van der Waals surface area contributed by atoms with E-state index >= 15 is 0 Å². The Hall–Kier alpha value is -1.19. The number of hydrogen-bond acceptors (Lipinski definition) is 3. The van der Waals surface area contributed by atoms with E-state index in [4.69, 9.17) is 5.73 Å². The SMILES string of the molecule is CCCCC(CCC)Nc1c(N)c(C)nn1CC. The summed E-state index contributed by atoms with van der Waals surface area (Å²) < 4.78 is 1.97. The third kappa shape index (κ3) is 3.65. The van der Waals surface area contributed by atoms with Crippen LogP contribution in [0.4, 0.5) is 11.5 Å². The van der Waals surface area contributed by atoms with E-state index in [2.05, 4.69) is 31.2 Å². The van der Waals surface area contributed by atoms with Gasteiger partial charge in [0.25, 0.3) is 0 Å². The summed E-state index contributed by atoms with van der Waals surface area (Å²) in [5.41, 5.74) is 7.83. The molecule has 0 amide bonds.